The topological polar surface area (TPSA) is 120 Å². The molecule has 42 heavy (non-hydrogen) atoms. The van der Waals surface area contributed by atoms with Gasteiger partial charge in [0.1, 0.15) is 30.9 Å². The maximum Gasteiger partial charge on any atom is 0.350 e. The van der Waals surface area contributed by atoms with Crippen molar-refractivity contribution in [1.29, 1.82) is 0 Å². The summed E-state index contributed by atoms with van der Waals surface area (Å²) in [5.41, 5.74) is 6.53. The van der Waals surface area contributed by atoms with Gasteiger partial charge in [-0.25, -0.2) is 19.2 Å². The molecular formula is C29H27ClFN7O3S. The standard InChI is InChI=1S/C29H27ClFN7O3S/c1-2-21(31)26-22(35-28(32)42-26)10-18-20(30)9-19-24-25(18)41-14-17(13-40-23-5-3-4-8-33-23)38(24)29(39)36-27(19)37-11-15-6-7-16(12-37)34-15/h2-5,8-10,15-17,34H,1,6-7,11-14H2,(H2,32,35)/b22-10-,26-21-. The number of rotatable bonds is 6. The number of nitrogens with two attached hydrogens (primary N) is 1. The monoisotopic (exact) mass is 607 g/mol. The quantitative estimate of drug-likeness (QED) is 0.341. The number of pyridine rings is 1. The summed E-state index contributed by atoms with van der Waals surface area (Å²) >= 11 is 7.93. The van der Waals surface area contributed by atoms with Crippen molar-refractivity contribution in [2.45, 2.75) is 31.0 Å². The zero-order valence-electron chi connectivity index (χ0n) is 22.4. The summed E-state index contributed by atoms with van der Waals surface area (Å²) in [6.45, 7) is 5.24. The molecule has 2 saturated heterocycles. The van der Waals surface area contributed by atoms with Gasteiger partial charge in [0.05, 0.1) is 20.4 Å². The molecule has 1 aromatic carbocycles. The van der Waals surface area contributed by atoms with Crippen molar-refractivity contribution in [1.82, 2.24) is 24.8 Å². The first-order valence-corrected chi connectivity index (χ1v) is 14.8. The van der Waals surface area contributed by atoms with Crippen molar-refractivity contribution in [2.75, 3.05) is 36.9 Å². The fraction of sp³-hybridized carbons (Fsp3) is 0.310. The SMILES string of the molecule is C=C/C(F)=c1/sc(N)n/c1=C\c1c(Cl)cc2c(N3CC4CCC(C3)N4)nc(=O)n3c2c1OCC3COc1ccccn1. The van der Waals surface area contributed by atoms with E-state index in [1.165, 1.54) is 0 Å². The Morgan fingerprint density at radius 1 is 1.31 bits per heavy atom. The lowest BCUT2D eigenvalue weighted by Crippen LogP contribution is -2.52. The normalized spacial score (nSPS) is 22.3. The number of nitrogens with one attached hydrogen (secondary N) is 1. The number of anilines is 2. The highest BCUT2D eigenvalue weighted by molar-refractivity contribution is 7.13. The predicted molar refractivity (Wildman–Crippen MR) is 161 cm³/mol. The second kappa shape index (κ2) is 10.7. The number of nitrogens with zero attached hydrogens (tertiary/aromatic N) is 5. The number of thiazole rings is 1. The molecule has 3 atom stereocenters. The van der Waals surface area contributed by atoms with E-state index in [0.29, 0.717) is 56.4 Å². The van der Waals surface area contributed by atoms with Gasteiger partial charge in [-0.3, -0.25) is 4.57 Å². The molecule has 0 spiro atoms. The second-order valence-corrected chi connectivity index (χ2v) is 12.0. The Labute approximate surface area is 248 Å². The average Bonchev–Trinajstić information content (AvgIpc) is 3.54. The molecule has 3 aliphatic heterocycles. The maximum absolute atomic E-state index is 14.7. The van der Waals surface area contributed by atoms with Crippen LogP contribution in [0.1, 0.15) is 24.4 Å². The van der Waals surface area contributed by atoms with E-state index < -0.39 is 17.6 Å². The number of aromatic nitrogens is 4. The number of halogens is 2. The maximum atomic E-state index is 14.7. The highest BCUT2D eigenvalue weighted by Gasteiger charge is 2.36. The average molecular weight is 608 g/mol. The summed E-state index contributed by atoms with van der Waals surface area (Å²) in [5, 5.41) is 5.15. The Morgan fingerprint density at radius 2 is 2.12 bits per heavy atom. The van der Waals surface area contributed by atoms with Crippen LogP contribution < -0.4 is 41.0 Å². The van der Waals surface area contributed by atoms with E-state index in [2.05, 4.69) is 31.7 Å². The lowest BCUT2D eigenvalue weighted by molar-refractivity contribution is 0.164. The highest BCUT2D eigenvalue weighted by Crippen LogP contribution is 2.42. The number of piperazine rings is 1. The Hall–Kier alpha value is -4.00. The number of nitrogen functional groups attached to an aromatic ring is 1. The highest BCUT2D eigenvalue weighted by atomic mass is 35.5. The minimum absolute atomic E-state index is 0.119. The molecule has 0 aliphatic carbocycles. The van der Waals surface area contributed by atoms with Crippen LogP contribution in [0.5, 0.6) is 11.6 Å². The van der Waals surface area contributed by atoms with Crippen molar-refractivity contribution in [3.05, 3.63) is 74.1 Å². The first-order valence-electron chi connectivity index (χ1n) is 13.6. The molecule has 13 heteroatoms. The summed E-state index contributed by atoms with van der Waals surface area (Å²) in [7, 11) is 0. The first-order chi connectivity index (χ1) is 20.4. The number of hydrogen-bond donors (Lipinski definition) is 2. The van der Waals surface area contributed by atoms with E-state index in [1.807, 2.05) is 6.07 Å². The molecule has 3 aromatic heterocycles. The van der Waals surface area contributed by atoms with Crippen molar-refractivity contribution < 1.29 is 13.9 Å². The molecule has 3 N–H and O–H groups in total. The van der Waals surface area contributed by atoms with Crippen LogP contribution in [0.2, 0.25) is 5.02 Å². The van der Waals surface area contributed by atoms with E-state index in [0.717, 1.165) is 43.3 Å². The fourth-order valence-electron chi connectivity index (χ4n) is 6.01. The summed E-state index contributed by atoms with van der Waals surface area (Å²) < 4.78 is 28.8. The number of fused-ring (bicyclic) bond motifs is 2. The zero-order valence-corrected chi connectivity index (χ0v) is 24.0. The molecule has 0 amide bonds. The Bertz CT molecular complexity index is 1890. The van der Waals surface area contributed by atoms with E-state index in [1.54, 1.807) is 35.0 Å². The molecule has 0 radical (unpaired) electrons. The molecule has 10 nitrogen and oxygen atoms in total. The van der Waals surface area contributed by atoms with Crippen LogP contribution in [-0.2, 0) is 0 Å². The van der Waals surface area contributed by atoms with E-state index >= 15 is 0 Å². The summed E-state index contributed by atoms with van der Waals surface area (Å²) in [5.74, 6) is 0.846. The molecule has 7 rings (SSSR count). The van der Waals surface area contributed by atoms with E-state index in [4.69, 9.17) is 26.8 Å². The van der Waals surface area contributed by atoms with Gasteiger partial charge in [-0.1, -0.05) is 35.6 Å². The zero-order chi connectivity index (χ0) is 29.0. The van der Waals surface area contributed by atoms with Gasteiger partial charge in [-0.2, -0.15) is 4.98 Å². The van der Waals surface area contributed by atoms with Crippen LogP contribution in [0.3, 0.4) is 0 Å². The molecule has 0 saturated carbocycles. The third kappa shape index (κ3) is 4.69. The van der Waals surface area contributed by atoms with Crippen molar-refractivity contribution in [3.8, 4) is 11.6 Å². The van der Waals surface area contributed by atoms with Gasteiger partial charge >= 0.3 is 5.69 Å². The van der Waals surface area contributed by atoms with E-state index in [-0.39, 0.29) is 22.9 Å². The smallest absolute Gasteiger partial charge is 0.350 e. The third-order valence-corrected chi connectivity index (χ3v) is 9.06. The summed E-state index contributed by atoms with van der Waals surface area (Å²) in [4.78, 5) is 29.1. The molecule has 2 bridgehead atoms. The molecule has 3 unspecified atom stereocenters. The van der Waals surface area contributed by atoms with Gasteiger partial charge in [-0.05, 0) is 37.1 Å². The van der Waals surface area contributed by atoms with Crippen LogP contribution in [0.25, 0.3) is 22.8 Å². The Balaban J connectivity index is 1.44. The Morgan fingerprint density at radius 3 is 2.86 bits per heavy atom. The number of benzene rings is 1. The molecule has 4 aromatic rings. The van der Waals surface area contributed by atoms with Crippen LogP contribution in [0.4, 0.5) is 15.3 Å². The lowest BCUT2D eigenvalue weighted by atomic mass is 10.1. The number of hydrogen-bond acceptors (Lipinski definition) is 10. The fourth-order valence-corrected chi connectivity index (χ4v) is 7.00. The molecular weight excluding hydrogens is 581 g/mol. The molecule has 216 valence electrons. The summed E-state index contributed by atoms with van der Waals surface area (Å²) in [6.07, 6.45) is 6.53. The van der Waals surface area contributed by atoms with Crippen molar-refractivity contribution in [2.24, 2.45) is 0 Å². The van der Waals surface area contributed by atoms with Crippen LogP contribution in [-0.4, -0.2) is 57.9 Å². The van der Waals surface area contributed by atoms with Crippen molar-refractivity contribution in [3.63, 3.8) is 0 Å². The lowest BCUT2D eigenvalue weighted by Gasteiger charge is -2.36. The van der Waals surface area contributed by atoms with Crippen LogP contribution in [0, 0.1) is 0 Å². The van der Waals surface area contributed by atoms with Gasteiger partial charge in [0.25, 0.3) is 0 Å². The summed E-state index contributed by atoms with van der Waals surface area (Å²) in [6, 6.07) is 7.35. The largest absolute Gasteiger partial charge is 0.488 e. The van der Waals surface area contributed by atoms with Crippen molar-refractivity contribution >= 4 is 56.7 Å². The first kappa shape index (κ1) is 26.9. The molecule has 3 aliphatic rings. The van der Waals surface area contributed by atoms with Gasteiger partial charge in [0.15, 0.2) is 10.9 Å². The van der Waals surface area contributed by atoms with Gasteiger partial charge in [-0.15, -0.1) is 0 Å². The number of allylic oxidation sites excluding steroid dienone is 1. The van der Waals surface area contributed by atoms with E-state index in [9.17, 15) is 9.18 Å². The third-order valence-electron chi connectivity index (χ3n) is 7.84. The Kier molecular flexibility index (Phi) is 6.83. The van der Waals surface area contributed by atoms with Crippen LogP contribution >= 0.6 is 22.9 Å². The minimum Gasteiger partial charge on any atom is -0.488 e. The number of ether oxygens (including phenoxy) is 2. The molecule has 2 fully saturated rings. The van der Waals surface area contributed by atoms with Crippen LogP contribution in [0.15, 0.2) is 47.9 Å². The van der Waals surface area contributed by atoms with Gasteiger partial charge < -0.3 is 25.4 Å². The van der Waals surface area contributed by atoms with Gasteiger partial charge in [0, 0.05) is 48.4 Å². The molecule has 6 heterocycles. The van der Waals surface area contributed by atoms with Gasteiger partial charge in [0.2, 0.25) is 5.88 Å². The minimum atomic E-state index is -0.551. The second-order valence-electron chi connectivity index (χ2n) is 10.5. The predicted octanol–water partition coefficient (Wildman–Crippen LogP) is 2.53.